The van der Waals surface area contributed by atoms with Gasteiger partial charge >= 0.3 is 0 Å². The molecule has 3 aromatic heterocycles. The van der Waals surface area contributed by atoms with E-state index in [1.807, 2.05) is 11.0 Å². The van der Waals surface area contributed by atoms with Gasteiger partial charge in [-0.2, -0.15) is 5.10 Å². The number of hydrogen-bond acceptors (Lipinski definition) is 7. The second-order valence-electron chi connectivity index (χ2n) is 7.02. The van der Waals surface area contributed by atoms with Crippen LogP contribution in [0.25, 0.3) is 16.8 Å². The first kappa shape index (κ1) is 17.2. The van der Waals surface area contributed by atoms with Crippen molar-refractivity contribution in [1.82, 2.24) is 24.9 Å². The van der Waals surface area contributed by atoms with Crippen molar-refractivity contribution in [3.05, 3.63) is 30.5 Å². The van der Waals surface area contributed by atoms with Gasteiger partial charge in [0.15, 0.2) is 17.3 Å². The molecule has 3 aromatic rings. The molecule has 2 fully saturated rings. The van der Waals surface area contributed by atoms with Gasteiger partial charge in [-0.25, -0.2) is 18.9 Å². The molecule has 146 valence electrons. The summed E-state index contributed by atoms with van der Waals surface area (Å²) in [7, 11) is 1.59. The van der Waals surface area contributed by atoms with Crippen LogP contribution >= 0.6 is 0 Å². The van der Waals surface area contributed by atoms with E-state index in [1.165, 1.54) is 10.7 Å². The van der Waals surface area contributed by atoms with Crippen LogP contribution in [0.1, 0.15) is 12.8 Å². The van der Waals surface area contributed by atoms with Crippen molar-refractivity contribution in [3.8, 4) is 22.8 Å². The summed E-state index contributed by atoms with van der Waals surface area (Å²) in [5.41, 5.74) is 2.04. The van der Waals surface area contributed by atoms with E-state index in [1.54, 1.807) is 19.5 Å². The molecular weight excluding hydrogens is 363 g/mol. The van der Waals surface area contributed by atoms with Crippen LogP contribution < -0.4 is 19.7 Å². The Labute approximate surface area is 161 Å². The van der Waals surface area contributed by atoms with Gasteiger partial charge in [0, 0.05) is 26.2 Å². The summed E-state index contributed by atoms with van der Waals surface area (Å²) in [5.74, 6) is 1.09. The van der Waals surface area contributed by atoms with E-state index in [2.05, 4.69) is 20.4 Å². The number of piperazine rings is 1. The van der Waals surface area contributed by atoms with Gasteiger partial charge in [0.25, 0.3) is 0 Å². The third-order valence-electron chi connectivity index (χ3n) is 5.00. The molecule has 28 heavy (non-hydrogen) atoms. The minimum absolute atomic E-state index is 0.197. The van der Waals surface area contributed by atoms with E-state index < -0.39 is 0 Å². The average Bonchev–Trinajstić information content (AvgIpc) is 3.46. The SMILES string of the molecule is COc1cnc(OC2CC2)c(-c2cnn3cc(F)c(N4CCNCC4)nc23)c1. The van der Waals surface area contributed by atoms with Gasteiger partial charge in [0.1, 0.15) is 11.9 Å². The summed E-state index contributed by atoms with van der Waals surface area (Å²) >= 11 is 0. The number of ether oxygens (including phenoxy) is 2. The Morgan fingerprint density at radius 3 is 2.75 bits per heavy atom. The Hall–Kier alpha value is -2.94. The summed E-state index contributed by atoms with van der Waals surface area (Å²) in [5, 5.41) is 7.56. The maximum Gasteiger partial charge on any atom is 0.222 e. The Bertz CT molecular complexity index is 1010. The summed E-state index contributed by atoms with van der Waals surface area (Å²) < 4.78 is 27.4. The lowest BCUT2D eigenvalue weighted by atomic mass is 10.1. The average molecular weight is 384 g/mol. The first-order valence-electron chi connectivity index (χ1n) is 9.43. The van der Waals surface area contributed by atoms with Crippen molar-refractivity contribution in [2.45, 2.75) is 18.9 Å². The van der Waals surface area contributed by atoms with Crippen molar-refractivity contribution >= 4 is 11.5 Å². The van der Waals surface area contributed by atoms with E-state index in [-0.39, 0.29) is 11.9 Å². The third kappa shape index (κ3) is 3.11. The van der Waals surface area contributed by atoms with Gasteiger partial charge in [-0.1, -0.05) is 0 Å². The number of nitrogens with one attached hydrogen (secondary N) is 1. The summed E-state index contributed by atoms with van der Waals surface area (Å²) in [6.45, 7) is 3.02. The van der Waals surface area contributed by atoms with Crippen LogP contribution in [0.2, 0.25) is 0 Å². The zero-order valence-electron chi connectivity index (χ0n) is 15.6. The molecule has 2 aliphatic rings. The van der Waals surface area contributed by atoms with Crippen molar-refractivity contribution in [1.29, 1.82) is 0 Å². The zero-order chi connectivity index (χ0) is 19.1. The largest absolute Gasteiger partial charge is 0.495 e. The highest BCUT2D eigenvalue weighted by Crippen LogP contribution is 2.37. The summed E-state index contributed by atoms with van der Waals surface area (Å²) in [6.07, 6.45) is 6.92. The van der Waals surface area contributed by atoms with E-state index in [4.69, 9.17) is 9.47 Å². The van der Waals surface area contributed by atoms with Gasteiger partial charge in [-0.15, -0.1) is 0 Å². The van der Waals surface area contributed by atoms with Crippen LogP contribution in [0.3, 0.4) is 0 Å². The van der Waals surface area contributed by atoms with Gasteiger partial charge in [0.05, 0.1) is 36.8 Å². The predicted octanol–water partition coefficient (Wildman–Crippen LogP) is 1.89. The van der Waals surface area contributed by atoms with Crippen LogP contribution in [0.15, 0.2) is 24.7 Å². The minimum atomic E-state index is -0.387. The Morgan fingerprint density at radius 2 is 2.00 bits per heavy atom. The van der Waals surface area contributed by atoms with Gasteiger partial charge in [-0.3, -0.25) is 0 Å². The van der Waals surface area contributed by atoms with Crippen LogP contribution in [0, 0.1) is 5.82 Å². The predicted molar refractivity (Wildman–Crippen MR) is 101 cm³/mol. The Balaban J connectivity index is 1.62. The molecule has 0 aromatic carbocycles. The monoisotopic (exact) mass is 384 g/mol. The van der Waals surface area contributed by atoms with Crippen molar-refractivity contribution in [2.24, 2.45) is 0 Å². The number of methoxy groups -OCH3 is 1. The van der Waals surface area contributed by atoms with Crippen LogP contribution in [-0.4, -0.2) is 59.0 Å². The molecule has 0 radical (unpaired) electrons. The molecule has 9 heteroatoms. The van der Waals surface area contributed by atoms with Crippen LogP contribution in [-0.2, 0) is 0 Å². The highest BCUT2D eigenvalue weighted by Gasteiger charge is 2.27. The summed E-state index contributed by atoms with van der Waals surface area (Å²) in [4.78, 5) is 11.0. The number of aromatic nitrogens is 4. The Morgan fingerprint density at radius 1 is 1.18 bits per heavy atom. The molecule has 5 rings (SSSR count). The summed E-state index contributed by atoms with van der Waals surface area (Å²) in [6, 6.07) is 1.86. The standard InChI is InChI=1S/C19H21FN6O2/c1-27-13-8-14(19(22-9-13)28-12-2-3-12)15-10-23-26-11-16(20)18(24-17(15)26)25-6-4-21-5-7-25/h8-12,21H,2-7H2,1H3. The fraction of sp³-hybridized carbons (Fsp3) is 0.421. The minimum Gasteiger partial charge on any atom is -0.495 e. The molecule has 0 spiro atoms. The number of hydrogen-bond donors (Lipinski definition) is 1. The normalized spacial score (nSPS) is 17.1. The van der Waals surface area contributed by atoms with E-state index in [0.29, 0.717) is 36.2 Å². The van der Waals surface area contributed by atoms with Gasteiger partial charge in [0.2, 0.25) is 5.88 Å². The smallest absolute Gasteiger partial charge is 0.222 e. The van der Waals surface area contributed by atoms with Crippen LogP contribution in [0.4, 0.5) is 10.2 Å². The second-order valence-corrected chi connectivity index (χ2v) is 7.02. The molecule has 1 saturated heterocycles. The van der Waals surface area contributed by atoms with Crippen molar-refractivity contribution in [3.63, 3.8) is 0 Å². The van der Waals surface area contributed by atoms with Crippen molar-refractivity contribution < 1.29 is 13.9 Å². The van der Waals surface area contributed by atoms with Crippen LogP contribution in [0.5, 0.6) is 11.6 Å². The molecule has 8 nitrogen and oxygen atoms in total. The van der Waals surface area contributed by atoms with E-state index >= 15 is 0 Å². The molecule has 1 saturated carbocycles. The van der Waals surface area contributed by atoms with Gasteiger partial charge in [-0.05, 0) is 18.9 Å². The number of pyridine rings is 1. The lowest BCUT2D eigenvalue weighted by Crippen LogP contribution is -2.44. The molecule has 1 aliphatic heterocycles. The zero-order valence-corrected chi connectivity index (χ0v) is 15.6. The molecule has 1 aliphatic carbocycles. The maximum atomic E-state index is 14.7. The highest BCUT2D eigenvalue weighted by atomic mass is 19.1. The number of halogens is 1. The quantitative estimate of drug-likeness (QED) is 0.720. The first-order chi connectivity index (χ1) is 13.7. The maximum absolute atomic E-state index is 14.7. The van der Waals surface area contributed by atoms with Gasteiger partial charge < -0.3 is 19.7 Å². The fourth-order valence-corrected chi connectivity index (χ4v) is 3.34. The lowest BCUT2D eigenvalue weighted by Gasteiger charge is -2.28. The number of fused-ring (bicyclic) bond motifs is 1. The topological polar surface area (TPSA) is 76.8 Å². The third-order valence-corrected chi connectivity index (χ3v) is 5.00. The molecule has 0 bridgehead atoms. The first-order valence-corrected chi connectivity index (χ1v) is 9.43. The molecular formula is C19H21FN6O2. The second kappa shape index (κ2) is 6.90. The van der Waals surface area contributed by atoms with Crippen molar-refractivity contribution in [2.75, 3.05) is 38.2 Å². The molecule has 0 unspecified atom stereocenters. The highest BCUT2D eigenvalue weighted by molar-refractivity contribution is 5.81. The fourth-order valence-electron chi connectivity index (χ4n) is 3.34. The molecule has 0 atom stereocenters. The molecule has 0 amide bonds. The van der Waals surface area contributed by atoms with E-state index in [9.17, 15) is 4.39 Å². The molecule has 4 heterocycles. The Kier molecular flexibility index (Phi) is 4.23. The number of anilines is 1. The number of rotatable bonds is 5. The lowest BCUT2D eigenvalue weighted by molar-refractivity contribution is 0.291. The number of nitrogens with zero attached hydrogens (tertiary/aromatic N) is 5. The van der Waals surface area contributed by atoms with E-state index in [0.717, 1.165) is 37.1 Å². The molecule has 1 N–H and O–H groups in total.